The van der Waals surface area contributed by atoms with E-state index in [-0.39, 0.29) is 24.4 Å². The number of rotatable bonds is 8. The summed E-state index contributed by atoms with van der Waals surface area (Å²) in [6.07, 6.45) is 5.28. The lowest BCUT2D eigenvalue weighted by atomic mass is 9.91. The topological polar surface area (TPSA) is 68.3 Å². The van der Waals surface area contributed by atoms with Gasteiger partial charge in [-0.15, -0.1) is 0 Å². The molecular formula is C27H34N2O5. The second kappa shape index (κ2) is 10.8. The lowest BCUT2D eigenvalue weighted by Crippen LogP contribution is -2.58. The lowest BCUT2D eigenvalue weighted by molar-refractivity contribution is -0.160. The zero-order valence-corrected chi connectivity index (χ0v) is 20.3. The van der Waals surface area contributed by atoms with E-state index in [0.29, 0.717) is 24.7 Å². The summed E-state index contributed by atoms with van der Waals surface area (Å²) in [4.78, 5) is 30.9. The van der Waals surface area contributed by atoms with E-state index in [1.165, 1.54) is 6.42 Å². The smallest absolute Gasteiger partial charge is 0.250 e. The van der Waals surface area contributed by atoms with Gasteiger partial charge < -0.3 is 24.0 Å². The van der Waals surface area contributed by atoms with Crippen molar-refractivity contribution < 1.29 is 23.8 Å². The van der Waals surface area contributed by atoms with Gasteiger partial charge in [0.25, 0.3) is 5.91 Å². The number of amides is 2. The number of piperazine rings is 1. The molecule has 1 aliphatic carbocycles. The Morgan fingerprint density at radius 3 is 2.44 bits per heavy atom. The first kappa shape index (κ1) is 23.9. The molecule has 7 nitrogen and oxygen atoms in total. The third-order valence-corrected chi connectivity index (χ3v) is 6.76. The van der Waals surface area contributed by atoms with Crippen molar-refractivity contribution in [3.8, 4) is 17.2 Å². The van der Waals surface area contributed by atoms with Crippen molar-refractivity contribution >= 4 is 11.8 Å². The molecule has 0 bridgehead atoms. The number of nitrogens with zero attached hydrogens (tertiary/aromatic N) is 2. The molecule has 34 heavy (non-hydrogen) atoms. The molecule has 1 atom stereocenters. The highest BCUT2D eigenvalue weighted by molar-refractivity contribution is 5.96. The van der Waals surface area contributed by atoms with Crippen LogP contribution in [-0.2, 0) is 16.1 Å². The van der Waals surface area contributed by atoms with Crippen LogP contribution >= 0.6 is 0 Å². The molecule has 0 spiro atoms. The number of ether oxygens (including phenoxy) is 3. The van der Waals surface area contributed by atoms with Crippen LogP contribution in [0.2, 0.25) is 0 Å². The fourth-order valence-corrected chi connectivity index (χ4v) is 5.05. The van der Waals surface area contributed by atoms with Gasteiger partial charge in [0, 0.05) is 12.6 Å². The van der Waals surface area contributed by atoms with Gasteiger partial charge in [0.2, 0.25) is 5.91 Å². The second-order valence-electron chi connectivity index (χ2n) is 8.88. The maximum absolute atomic E-state index is 13.9. The summed E-state index contributed by atoms with van der Waals surface area (Å²) in [7, 11) is 3.20. The highest BCUT2D eigenvalue weighted by Gasteiger charge is 2.43. The Hall–Kier alpha value is -3.22. The van der Waals surface area contributed by atoms with Crippen LogP contribution in [0.1, 0.15) is 56.2 Å². The van der Waals surface area contributed by atoms with Crippen molar-refractivity contribution in [2.24, 2.45) is 0 Å². The molecule has 2 aromatic carbocycles. The molecule has 2 aliphatic rings. The first-order valence-electron chi connectivity index (χ1n) is 12.1. The molecule has 0 radical (unpaired) electrons. The van der Waals surface area contributed by atoms with Crippen LogP contribution in [0.4, 0.5) is 0 Å². The lowest BCUT2D eigenvalue weighted by Gasteiger charge is -2.44. The highest BCUT2D eigenvalue weighted by atomic mass is 16.5. The molecule has 0 aromatic heterocycles. The number of carbonyl (C=O) groups is 2. The number of methoxy groups -OCH3 is 2. The molecular weight excluding hydrogens is 432 g/mol. The standard InChI is InChI=1S/C27H34N2O5/c1-4-34-23-14-13-20(16-24(23)33-3)26-27(31)28(21-10-6-5-7-11-21)18-25(30)29(26)17-19-9-8-12-22(15-19)32-2/h8-9,12-16,21,26H,4-7,10-11,17-18H2,1-3H3/t26-/m1/s1. The minimum Gasteiger partial charge on any atom is -0.497 e. The summed E-state index contributed by atoms with van der Waals surface area (Å²) >= 11 is 0. The van der Waals surface area contributed by atoms with Crippen molar-refractivity contribution in [3.05, 3.63) is 53.6 Å². The Bertz CT molecular complexity index is 1020. The Labute approximate surface area is 201 Å². The van der Waals surface area contributed by atoms with E-state index in [1.807, 2.05) is 54.3 Å². The molecule has 2 amide bonds. The first-order chi connectivity index (χ1) is 16.5. The van der Waals surface area contributed by atoms with Gasteiger partial charge in [-0.1, -0.05) is 37.5 Å². The summed E-state index contributed by atoms with van der Waals surface area (Å²) in [5, 5.41) is 0. The minimum absolute atomic E-state index is 0.0272. The number of hydrogen-bond acceptors (Lipinski definition) is 5. The average Bonchev–Trinajstić information content (AvgIpc) is 2.87. The SMILES string of the molecule is CCOc1ccc([C@@H]2C(=O)N(C3CCCCC3)CC(=O)N2Cc2cccc(OC)c2)cc1OC. The molecule has 1 saturated carbocycles. The van der Waals surface area contributed by atoms with Crippen molar-refractivity contribution in [1.29, 1.82) is 0 Å². The van der Waals surface area contributed by atoms with E-state index in [0.717, 1.165) is 42.6 Å². The molecule has 1 saturated heterocycles. The van der Waals surface area contributed by atoms with Crippen LogP contribution in [0.5, 0.6) is 17.2 Å². The molecule has 2 aromatic rings. The van der Waals surface area contributed by atoms with E-state index >= 15 is 0 Å². The van der Waals surface area contributed by atoms with Gasteiger partial charge in [0.05, 0.1) is 20.8 Å². The fraction of sp³-hybridized carbons (Fsp3) is 0.481. The molecule has 182 valence electrons. The maximum atomic E-state index is 13.9. The van der Waals surface area contributed by atoms with Crippen molar-refractivity contribution in [2.75, 3.05) is 27.4 Å². The second-order valence-corrected chi connectivity index (χ2v) is 8.88. The quantitative estimate of drug-likeness (QED) is 0.579. The Balaban J connectivity index is 1.71. The van der Waals surface area contributed by atoms with Gasteiger partial charge >= 0.3 is 0 Å². The zero-order chi connectivity index (χ0) is 24.1. The van der Waals surface area contributed by atoms with Crippen LogP contribution in [0.25, 0.3) is 0 Å². The third-order valence-electron chi connectivity index (χ3n) is 6.76. The molecule has 2 fully saturated rings. The van der Waals surface area contributed by atoms with Gasteiger partial charge in [-0.05, 0) is 55.2 Å². The molecule has 0 N–H and O–H groups in total. The average molecular weight is 467 g/mol. The number of hydrogen-bond donors (Lipinski definition) is 0. The van der Waals surface area contributed by atoms with Crippen LogP contribution in [0.15, 0.2) is 42.5 Å². The van der Waals surface area contributed by atoms with Gasteiger partial charge in [-0.2, -0.15) is 0 Å². The summed E-state index contributed by atoms with van der Waals surface area (Å²) in [5.41, 5.74) is 1.64. The highest BCUT2D eigenvalue weighted by Crippen LogP contribution is 2.37. The predicted octanol–water partition coefficient (Wildman–Crippen LogP) is 4.35. The van der Waals surface area contributed by atoms with Gasteiger partial charge in [0.15, 0.2) is 11.5 Å². The van der Waals surface area contributed by atoms with Crippen LogP contribution in [0, 0.1) is 0 Å². The van der Waals surface area contributed by atoms with Crippen LogP contribution in [-0.4, -0.2) is 55.0 Å². The van der Waals surface area contributed by atoms with E-state index in [9.17, 15) is 9.59 Å². The molecule has 4 rings (SSSR count). The fourth-order valence-electron chi connectivity index (χ4n) is 5.05. The van der Waals surface area contributed by atoms with Gasteiger partial charge in [-0.3, -0.25) is 9.59 Å². The van der Waals surface area contributed by atoms with Crippen LogP contribution in [0.3, 0.4) is 0 Å². The summed E-state index contributed by atoms with van der Waals surface area (Å²) in [5.74, 6) is 1.81. The Morgan fingerprint density at radius 1 is 0.941 bits per heavy atom. The summed E-state index contributed by atoms with van der Waals surface area (Å²) in [6.45, 7) is 2.86. The molecule has 1 aliphatic heterocycles. The maximum Gasteiger partial charge on any atom is 0.250 e. The van der Waals surface area contributed by atoms with Crippen molar-refractivity contribution in [1.82, 2.24) is 9.80 Å². The van der Waals surface area contributed by atoms with Gasteiger partial charge in [-0.25, -0.2) is 0 Å². The largest absolute Gasteiger partial charge is 0.497 e. The zero-order valence-electron chi connectivity index (χ0n) is 20.3. The van der Waals surface area contributed by atoms with Crippen molar-refractivity contribution in [3.63, 3.8) is 0 Å². The van der Waals surface area contributed by atoms with Gasteiger partial charge in [0.1, 0.15) is 18.3 Å². The monoisotopic (exact) mass is 466 g/mol. The molecule has 0 unspecified atom stereocenters. The normalized spacial score (nSPS) is 19.3. The number of benzene rings is 2. The summed E-state index contributed by atoms with van der Waals surface area (Å²) in [6, 6.07) is 12.5. The third kappa shape index (κ3) is 4.98. The van der Waals surface area contributed by atoms with E-state index in [4.69, 9.17) is 14.2 Å². The van der Waals surface area contributed by atoms with Crippen LogP contribution < -0.4 is 14.2 Å². The minimum atomic E-state index is -0.723. The predicted molar refractivity (Wildman–Crippen MR) is 129 cm³/mol. The Kier molecular flexibility index (Phi) is 7.60. The van der Waals surface area contributed by atoms with E-state index in [2.05, 4.69) is 0 Å². The number of carbonyl (C=O) groups excluding carboxylic acids is 2. The van der Waals surface area contributed by atoms with E-state index < -0.39 is 6.04 Å². The molecule has 1 heterocycles. The van der Waals surface area contributed by atoms with Crippen molar-refractivity contribution in [2.45, 2.75) is 57.7 Å². The Morgan fingerprint density at radius 2 is 1.74 bits per heavy atom. The molecule has 7 heteroatoms. The first-order valence-corrected chi connectivity index (χ1v) is 12.1. The van der Waals surface area contributed by atoms with E-state index in [1.54, 1.807) is 19.1 Å². The summed E-state index contributed by atoms with van der Waals surface area (Å²) < 4.78 is 16.6.